The Morgan fingerprint density at radius 2 is 1.85 bits per heavy atom. The number of nitrogens with one attached hydrogen (secondary N) is 2. The third kappa shape index (κ3) is 5.29. The normalized spacial score (nSPS) is 18.2. The molecule has 1 aromatic carbocycles. The highest BCUT2D eigenvalue weighted by atomic mass is 16.5. The van der Waals surface area contributed by atoms with Crippen molar-refractivity contribution in [2.24, 2.45) is 12.5 Å². The molecule has 2 N–H and O–H groups in total. The number of imidazole rings is 1. The highest BCUT2D eigenvalue weighted by molar-refractivity contribution is 5.98. The Bertz CT molecular complexity index is 2000. The number of pyridine rings is 1. The summed E-state index contributed by atoms with van der Waals surface area (Å²) in [6.45, 7) is 1.94. The van der Waals surface area contributed by atoms with Crippen LogP contribution in [-0.4, -0.2) is 73.2 Å². The number of aryl methyl sites for hydroxylation is 1. The van der Waals surface area contributed by atoms with E-state index in [2.05, 4.69) is 35.8 Å². The number of anilines is 3. The molecule has 0 bridgehead atoms. The minimum absolute atomic E-state index is 0.0240. The summed E-state index contributed by atoms with van der Waals surface area (Å²) in [6, 6.07) is 12.1. The number of rotatable bonds is 7. The van der Waals surface area contributed by atoms with E-state index in [0.29, 0.717) is 22.9 Å². The number of amides is 1. The third-order valence-electron chi connectivity index (χ3n) is 10.6. The van der Waals surface area contributed by atoms with E-state index < -0.39 is 0 Å². The van der Waals surface area contributed by atoms with E-state index in [-0.39, 0.29) is 23.7 Å². The maximum absolute atomic E-state index is 13.0. The topological polar surface area (TPSA) is 126 Å². The SMILES string of the molecule is CN(C)C(=O)c1cc2cnc(Nc3ccc(OC4CC5(CCN(c6cccc7[nH]c(=O)n(C)c67)CC5)C4)cn3)nc2n1C1CCCC1. The third-order valence-corrected chi connectivity index (χ3v) is 10.6. The van der Waals surface area contributed by atoms with Crippen LogP contribution in [0.5, 0.6) is 5.75 Å². The van der Waals surface area contributed by atoms with Gasteiger partial charge < -0.3 is 29.4 Å². The average Bonchev–Trinajstić information content (AvgIpc) is 3.79. The first kappa shape index (κ1) is 29.5. The Balaban J connectivity index is 0.894. The second kappa shape index (κ2) is 11.4. The van der Waals surface area contributed by atoms with Crippen LogP contribution in [-0.2, 0) is 7.05 Å². The Kier molecular flexibility index (Phi) is 7.18. The molecule has 1 spiro atoms. The maximum atomic E-state index is 13.0. The summed E-state index contributed by atoms with van der Waals surface area (Å²) >= 11 is 0. The van der Waals surface area contributed by atoms with Crippen LogP contribution in [0, 0.1) is 5.41 Å². The Labute approximate surface area is 272 Å². The fourth-order valence-corrected chi connectivity index (χ4v) is 7.99. The molecule has 1 saturated heterocycles. The number of carbonyl (C=O) groups excluding carboxylic acids is 1. The van der Waals surface area contributed by atoms with Crippen LogP contribution in [0.2, 0.25) is 0 Å². The summed E-state index contributed by atoms with van der Waals surface area (Å²) < 4.78 is 10.2. The van der Waals surface area contributed by atoms with Crippen LogP contribution in [0.4, 0.5) is 17.5 Å². The van der Waals surface area contributed by atoms with Gasteiger partial charge in [-0.3, -0.25) is 9.36 Å². The fourth-order valence-electron chi connectivity index (χ4n) is 7.99. The molecule has 1 amide bonds. The number of carbonyl (C=O) groups is 1. The van der Waals surface area contributed by atoms with Crippen molar-refractivity contribution >= 4 is 45.4 Å². The zero-order chi connectivity index (χ0) is 32.3. The van der Waals surface area contributed by atoms with Gasteiger partial charge in [-0.15, -0.1) is 0 Å². The van der Waals surface area contributed by atoms with Gasteiger partial charge in [0.25, 0.3) is 5.91 Å². The number of para-hydroxylation sites is 1. The van der Waals surface area contributed by atoms with E-state index in [1.165, 1.54) is 0 Å². The second-order valence-corrected chi connectivity index (χ2v) is 13.8. The number of hydrogen-bond donors (Lipinski definition) is 2. The Morgan fingerprint density at radius 1 is 1.06 bits per heavy atom. The van der Waals surface area contributed by atoms with Crippen molar-refractivity contribution in [1.82, 2.24) is 34.0 Å². The summed E-state index contributed by atoms with van der Waals surface area (Å²) in [4.78, 5) is 46.1. The summed E-state index contributed by atoms with van der Waals surface area (Å²) in [5.41, 5.74) is 4.66. The summed E-state index contributed by atoms with van der Waals surface area (Å²) in [7, 11) is 5.39. The van der Waals surface area contributed by atoms with Gasteiger partial charge in [0.05, 0.1) is 29.0 Å². The molecule has 2 saturated carbocycles. The first-order chi connectivity index (χ1) is 22.8. The number of aromatic amines is 1. The van der Waals surface area contributed by atoms with Crippen LogP contribution in [0.15, 0.2) is 53.6 Å². The number of aromatic nitrogens is 6. The van der Waals surface area contributed by atoms with Crippen LogP contribution < -0.4 is 20.6 Å². The molecule has 8 rings (SSSR count). The van der Waals surface area contributed by atoms with E-state index in [0.717, 1.165) is 98.0 Å². The average molecular weight is 636 g/mol. The van der Waals surface area contributed by atoms with Crippen molar-refractivity contribution in [2.75, 3.05) is 37.4 Å². The van der Waals surface area contributed by atoms with Gasteiger partial charge in [0, 0.05) is 51.9 Å². The summed E-state index contributed by atoms with van der Waals surface area (Å²) in [5, 5.41) is 4.10. The first-order valence-electron chi connectivity index (χ1n) is 16.7. The summed E-state index contributed by atoms with van der Waals surface area (Å²) in [6.07, 6.45) is 12.4. The molecule has 5 aromatic rings. The lowest BCUT2D eigenvalue weighted by Crippen LogP contribution is -2.51. The maximum Gasteiger partial charge on any atom is 0.326 e. The Morgan fingerprint density at radius 3 is 2.57 bits per heavy atom. The van der Waals surface area contributed by atoms with Crippen LogP contribution in [0.25, 0.3) is 22.1 Å². The van der Waals surface area contributed by atoms with Crippen molar-refractivity contribution in [3.05, 3.63) is 65.0 Å². The quantitative estimate of drug-likeness (QED) is 0.244. The van der Waals surface area contributed by atoms with Crippen molar-refractivity contribution in [3.63, 3.8) is 0 Å². The number of piperidine rings is 1. The van der Waals surface area contributed by atoms with E-state index in [4.69, 9.17) is 9.72 Å². The number of nitrogens with zero attached hydrogens (tertiary/aromatic N) is 7. The lowest BCUT2D eigenvalue weighted by Gasteiger charge is -2.52. The van der Waals surface area contributed by atoms with Gasteiger partial charge in [-0.05, 0) is 74.3 Å². The van der Waals surface area contributed by atoms with E-state index in [1.807, 2.05) is 37.4 Å². The zero-order valence-corrected chi connectivity index (χ0v) is 27.2. The van der Waals surface area contributed by atoms with E-state index >= 15 is 0 Å². The van der Waals surface area contributed by atoms with Crippen molar-refractivity contribution in [1.29, 1.82) is 0 Å². The molecule has 4 aromatic heterocycles. The monoisotopic (exact) mass is 635 g/mol. The standard InChI is InChI=1S/C35H41N9O3/c1-41(2)32(45)28-17-22-20-37-33(40-31(22)44(28)23-7-4-5-8-23)39-29-12-11-24(21-36-29)47-25-18-35(19-25)13-15-43(16-14-35)27-10-6-9-26-30(27)42(3)34(46)38-26/h6,9-12,17,20-21,23,25H,4-5,7-8,13-16,18-19H2,1-3H3,(H,38,46)(H,36,37,39,40). The van der Waals surface area contributed by atoms with Crippen LogP contribution >= 0.6 is 0 Å². The smallest absolute Gasteiger partial charge is 0.326 e. The molecule has 3 aliphatic rings. The number of fused-ring (bicyclic) bond motifs is 2. The fraction of sp³-hybridized carbons (Fsp3) is 0.457. The van der Waals surface area contributed by atoms with Gasteiger partial charge >= 0.3 is 5.69 Å². The minimum atomic E-state index is -0.0776. The number of ether oxygens (including phenoxy) is 1. The number of benzene rings is 1. The van der Waals surface area contributed by atoms with Crippen molar-refractivity contribution < 1.29 is 9.53 Å². The van der Waals surface area contributed by atoms with E-state index in [1.54, 1.807) is 36.0 Å². The molecular formula is C35H41N9O3. The highest BCUT2D eigenvalue weighted by Crippen LogP contribution is 2.51. The minimum Gasteiger partial charge on any atom is -0.489 e. The van der Waals surface area contributed by atoms with Crippen molar-refractivity contribution in [3.8, 4) is 5.75 Å². The first-order valence-corrected chi connectivity index (χ1v) is 16.7. The van der Waals surface area contributed by atoms with Crippen molar-refractivity contribution in [2.45, 2.75) is 63.5 Å². The highest BCUT2D eigenvalue weighted by Gasteiger charge is 2.47. The molecular weight excluding hydrogens is 594 g/mol. The predicted octanol–water partition coefficient (Wildman–Crippen LogP) is 5.39. The van der Waals surface area contributed by atoms with Gasteiger partial charge in [0.2, 0.25) is 5.95 Å². The predicted molar refractivity (Wildman–Crippen MR) is 182 cm³/mol. The molecule has 2 aliphatic carbocycles. The molecule has 1 aliphatic heterocycles. The number of H-pyrrole nitrogens is 1. The lowest BCUT2D eigenvalue weighted by atomic mass is 9.61. The van der Waals surface area contributed by atoms with Gasteiger partial charge in [0.1, 0.15) is 22.9 Å². The van der Waals surface area contributed by atoms with Gasteiger partial charge in [-0.25, -0.2) is 14.8 Å². The molecule has 3 fully saturated rings. The largest absolute Gasteiger partial charge is 0.489 e. The molecule has 12 nitrogen and oxygen atoms in total. The molecule has 0 unspecified atom stereocenters. The molecule has 12 heteroatoms. The van der Waals surface area contributed by atoms with Gasteiger partial charge in [-0.1, -0.05) is 18.9 Å². The number of hydrogen-bond acceptors (Lipinski definition) is 8. The molecule has 0 atom stereocenters. The Hall–Kier alpha value is -4.87. The van der Waals surface area contributed by atoms with Crippen LogP contribution in [0.3, 0.4) is 0 Å². The molecule has 0 radical (unpaired) electrons. The van der Waals surface area contributed by atoms with Crippen LogP contribution in [0.1, 0.15) is 67.9 Å². The summed E-state index contributed by atoms with van der Waals surface area (Å²) in [5.74, 6) is 1.81. The molecule has 5 heterocycles. The van der Waals surface area contributed by atoms with Gasteiger partial charge in [-0.2, -0.15) is 4.98 Å². The molecule has 244 valence electrons. The van der Waals surface area contributed by atoms with Gasteiger partial charge in [0.15, 0.2) is 0 Å². The second-order valence-electron chi connectivity index (χ2n) is 13.8. The lowest BCUT2D eigenvalue weighted by molar-refractivity contribution is -0.0311. The van der Waals surface area contributed by atoms with E-state index in [9.17, 15) is 9.59 Å². The molecule has 47 heavy (non-hydrogen) atoms. The zero-order valence-electron chi connectivity index (χ0n) is 27.2.